The lowest BCUT2D eigenvalue weighted by atomic mass is 9.91. The van der Waals surface area contributed by atoms with Gasteiger partial charge in [-0.15, -0.1) is 0 Å². The van der Waals surface area contributed by atoms with Crippen LogP contribution in [0.2, 0.25) is 0 Å². The Morgan fingerprint density at radius 3 is 1.57 bits per heavy atom. The van der Waals surface area contributed by atoms with Gasteiger partial charge in [0.1, 0.15) is 11.5 Å². The summed E-state index contributed by atoms with van der Waals surface area (Å²) in [6.45, 7) is 15.9. The van der Waals surface area contributed by atoms with Crippen molar-refractivity contribution in [3.63, 3.8) is 0 Å². The Morgan fingerprint density at radius 2 is 1.20 bits per heavy atom. The highest BCUT2D eigenvalue weighted by molar-refractivity contribution is 9.10. The number of carbonyl (C=O) groups is 2. The van der Waals surface area contributed by atoms with Crippen LogP contribution in [0.15, 0.2) is 44.7 Å². The smallest absolute Gasteiger partial charge is 0.357 e. The van der Waals surface area contributed by atoms with Gasteiger partial charge in [0.2, 0.25) is 0 Å². The van der Waals surface area contributed by atoms with Crippen molar-refractivity contribution in [2.24, 2.45) is 0 Å². The number of aliphatic hydroxyl groups excluding tert-OH is 1. The highest BCUT2D eigenvalue weighted by atomic mass is 79.9. The van der Waals surface area contributed by atoms with Crippen LogP contribution in [0.25, 0.3) is 11.1 Å². The summed E-state index contributed by atoms with van der Waals surface area (Å²) in [5.74, 6) is 0.295. The van der Waals surface area contributed by atoms with Gasteiger partial charge in [-0.25, -0.2) is 0 Å². The van der Waals surface area contributed by atoms with Gasteiger partial charge in [-0.05, 0) is 112 Å². The summed E-state index contributed by atoms with van der Waals surface area (Å²) >= 11 is 21.4. The van der Waals surface area contributed by atoms with E-state index in [0.717, 1.165) is 55.2 Å². The van der Waals surface area contributed by atoms with Crippen molar-refractivity contribution in [2.75, 3.05) is 14.2 Å². The van der Waals surface area contributed by atoms with Gasteiger partial charge in [0.05, 0.1) is 36.4 Å². The van der Waals surface area contributed by atoms with Crippen LogP contribution in [0, 0.1) is 13.8 Å². The minimum atomic E-state index is -0.665. The molecule has 2 amide bonds. The Hall–Kier alpha value is -2.51. The van der Waals surface area contributed by atoms with Crippen LogP contribution in [0.5, 0.6) is 0 Å². The van der Waals surface area contributed by atoms with Gasteiger partial charge in [0, 0.05) is 32.3 Å². The molecule has 2 aliphatic heterocycles. The van der Waals surface area contributed by atoms with Crippen LogP contribution in [0.3, 0.4) is 0 Å². The van der Waals surface area contributed by atoms with E-state index >= 15 is 0 Å². The third-order valence-corrected chi connectivity index (χ3v) is 10.4. The fourth-order valence-corrected chi connectivity index (χ4v) is 7.21. The molecule has 2 unspecified atom stereocenters. The van der Waals surface area contributed by atoms with E-state index in [1.807, 2.05) is 60.6 Å². The van der Waals surface area contributed by atoms with Gasteiger partial charge in [-0.1, -0.05) is 71.7 Å². The third-order valence-electron chi connectivity index (χ3n) is 8.54. The van der Waals surface area contributed by atoms with Crippen molar-refractivity contribution in [2.45, 2.75) is 92.2 Å². The molecule has 4 rings (SSSR count). The largest absolute Gasteiger partial charge is 0.509 e. The average Bonchev–Trinajstić information content (AvgIpc) is 3.43. The predicted octanol–water partition coefficient (Wildman–Crippen LogP) is 9.32. The second-order valence-corrected chi connectivity index (χ2v) is 15.0. The molecule has 0 saturated carbocycles. The number of benzene rings is 2. The molecule has 49 heavy (non-hydrogen) atoms. The second-order valence-electron chi connectivity index (χ2n) is 12.0. The number of thiocarbonyl (C=S) groups is 2. The maximum absolute atomic E-state index is 12.8. The summed E-state index contributed by atoms with van der Waals surface area (Å²) in [5, 5.41) is 16.4. The number of nitrogens with one attached hydrogen (secondary N) is 2. The van der Waals surface area contributed by atoms with E-state index in [9.17, 15) is 14.7 Å². The Bertz CT molecular complexity index is 1700. The van der Waals surface area contributed by atoms with E-state index in [-0.39, 0.29) is 27.3 Å². The van der Waals surface area contributed by atoms with Crippen molar-refractivity contribution in [3.8, 4) is 0 Å². The van der Waals surface area contributed by atoms with E-state index in [1.165, 1.54) is 14.2 Å². The Morgan fingerprint density at radius 1 is 0.796 bits per heavy atom. The van der Waals surface area contributed by atoms with Crippen LogP contribution < -0.4 is 10.6 Å². The zero-order valence-electron chi connectivity index (χ0n) is 29.6. The van der Waals surface area contributed by atoms with Crippen molar-refractivity contribution in [3.05, 3.63) is 78.1 Å². The molecule has 3 N–H and O–H groups in total. The number of aryl methyl sites for hydroxylation is 4. The van der Waals surface area contributed by atoms with Gasteiger partial charge in [-0.3, -0.25) is 9.59 Å². The minimum Gasteiger partial charge on any atom is -0.509 e. The van der Waals surface area contributed by atoms with E-state index in [0.29, 0.717) is 29.7 Å². The number of methoxy groups -OCH3 is 2. The first-order valence-corrected chi connectivity index (χ1v) is 18.6. The number of ether oxygens (including phenoxy) is 3. The number of aliphatic hydroxyl groups is 1. The lowest BCUT2D eigenvalue weighted by molar-refractivity contribution is -0.116. The summed E-state index contributed by atoms with van der Waals surface area (Å²) < 4.78 is 16.8. The third kappa shape index (κ3) is 9.84. The van der Waals surface area contributed by atoms with Gasteiger partial charge in [0.15, 0.2) is 0 Å². The number of hydrogen-bond donors (Lipinski definition) is 3. The molecule has 0 aliphatic carbocycles. The van der Waals surface area contributed by atoms with Crippen LogP contribution in [-0.2, 0) is 36.6 Å². The minimum absolute atomic E-state index is 0.0000393. The molecule has 2 aromatic carbocycles. The molecule has 0 bridgehead atoms. The maximum atomic E-state index is 12.8. The topological polar surface area (TPSA) is 106 Å². The molecular formula is C36H45Br2ClN2O6S2. The molecule has 0 aromatic heterocycles. The van der Waals surface area contributed by atoms with Crippen molar-refractivity contribution in [1.82, 2.24) is 10.6 Å². The second kappa shape index (κ2) is 18.1. The van der Waals surface area contributed by atoms with E-state index in [4.69, 9.17) is 33.3 Å². The predicted molar refractivity (Wildman–Crippen MR) is 213 cm³/mol. The number of carbonyl (C=O) groups excluding carboxylic acids is 2. The van der Waals surface area contributed by atoms with Crippen LogP contribution >= 0.6 is 67.9 Å². The first-order chi connectivity index (χ1) is 22.9. The normalized spacial score (nSPS) is 19.7. The number of amides is 2. The first kappa shape index (κ1) is 42.7. The molecule has 0 saturated heterocycles. The zero-order valence-corrected chi connectivity index (χ0v) is 35.1. The molecule has 0 radical (unpaired) electrons. The van der Waals surface area contributed by atoms with Crippen LogP contribution in [-0.4, -0.2) is 52.0 Å². The number of halogens is 3. The van der Waals surface area contributed by atoms with Crippen molar-refractivity contribution >= 4 is 101 Å². The van der Waals surface area contributed by atoms with E-state index in [1.54, 1.807) is 0 Å². The molecule has 0 spiro atoms. The van der Waals surface area contributed by atoms with Crippen molar-refractivity contribution in [1.29, 1.82) is 0 Å². The average molecular weight is 861 g/mol. The maximum Gasteiger partial charge on any atom is 0.357 e. The fraction of sp³-hybridized carbons (Fsp3) is 0.444. The highest BCUT2D eigenvalue weighted by Gasteiger charge is 2.45. The molecule has 2 heterocycles. The lowest BCUT2D eigenvalue weighted by Crippen LogP contribution is -2.41. The molecule has 268 valence electrons. The molecule has 2 aliphatic rings. The highest BCUT2D eigenvalue weighted by Crippen LogP contribution is 2.41. The van der Waals surface area contributed by atoms with Gasteiger partial charge in [0.25, 0.3) is 16.3 Å². The van der Waals surface area contributed by atoms with E-state index in [2.05, 4.69) is 78.5 Å². The summed E-state index contributed by atoms with van der Waals surface area (Å²) in [6.07, 6.45) is 2.94. The summed E-state index contributed by atoms with van der Waals surface area (Å²) in [5.41, 5.74) is 5.71. The molecule has 8 nitrogen and oxygen atoms in total. The number of rotatable bonds is 7. The molecule has 0 fully saturated rings. The first-order valence-electron chi connectivity index (χ1n) is 15.8. The molecular weight excluding hydrogens is 816 g/mol. The summed E-state index contributed by atoms with van der Waals surface area (Å²) in [4.78, 5) is 25.1. The Kier molecular flexibility index (Phi) is 15.8. The van der Waals surface area contributed by atoms with Crippen LogP contribution in [0.4, 0.5) is 0 Å². The standard InChI is InChI=1S/C18H22BrNO3S.C16H20BrNO2.C2H3ClOS/c1-6-11-8-10(3)9-12(19)13(11)14-15(23-17(24)22-5)18(4,7-2)20-16(14)21;1-5-10-7-9(3)8-11(17)12(10)13-14(19)16(4,6-2)18-15(13)20;1-4-2(3)5/h8-9H,6-7H2,1-5H3,(H,20,21);7-8,19H,5-6H2,1-4H3,(H,18,20);1H3. The van der Waals surface area contributed by atoms with Gasteiger partial charge < -0.3 is 30.0 Å². The summed E-state index contributed by atoms with van der Waals surface area (Å²) in [6, 6.07) is 8.13. The van der Waals surface area contributed by atoms with Gasteiger partial charge in [-0.2, -0.15) is 0 Å². The molecule has 13 heteroatoms. The Balaban J connectivity index is 0.000000303. The van der Waals surface area contributed by atoms with E-state index < -0.39 is 11.1 Å². The lowest BCUT2D eigenvalue weighted by Gasteiger charge is -2.25. The SMILES string of the molecule is CCc1cc(C)cc(Br)c1C1=C(O)C(C)(CC)NC1=O.CCc1cc(C)cc(Br)c1C1=C(OC(=S)OC)C(C)(CC)NC1=O.COC(=S)Cl. The quantitative estimate of drug-likeness (QED) is 0.187. The zero-order chi connectivity index (χ0) is 37.4. The fourth-order valence-electron chi connectivity index (χ4n) is 5.50. The molecule has 2 atom stereocenters. The molecule has 2 aromatic rings. The summed E-state index contributed by atoms with van der Waals surface area (Å²) in [7, 11) is 2.88. The van der Waals surface area contributed by atoms with Crippen molar-refractivity contribution < 1.29 is 28.9 Å². The number of hydrogen-bond acceptors (Lipinski definition) is 8. The monoisotopic (exact) mass is 858 g/mol. The van der Waals surface area contributed by atoms with Gasteiger partial charge >= 0.3 is 5.24 Å². The van der Waals surface area contributed by atoms with Crippen LogP contribution in [0.1, 0.15) is 87.8 Å². The Labute approximate surface area is 322 Å².